The second-order valence-corrected chi connectivity index (χ2v) is 8.16. The zero-order chi connectivity index (χ0) is 21.7. The number of fused-ring (bicyclic) bond motifs is 1. The van der Waals surface area contributed by atoms with Crippen LogP contribution in [0.2, 0.25) is 10.0 Å². The molecule has 3 rings (SSSR count). The van der Waals surface area contributed by atoms with Crippen molar-refractivity contribution < 1.29 is 14.3 Å². The summed E-state index contributed by atoms with van der Waals surface area (Å²) in [6.45, 7) is 1.10. The van der Waals surface area contributed by atoms with Gasteiger partial charge in [-0.1, -0.05) is 47.5 Å². The molecule has 1 aliphatic rings. The molecule has 0 aromatic heterocycles. The summed E-state index contributed by atoms with van der Waals surface area (Å²) in [5, 5.41) is 6.82. The minimum atomic E-state index is -1.38. The molecule has 0 saturated heterocycles. The maximum atomic E-state index is 12.9. The number of esters is 1. The number of anilines is 1. The van der Waals surface area contributed by atoms with E-state index in [4.69, 9.17) is 33.7 Å². The van der Waals surface area contributed by atoms with Crippen LogP contribution in [-0.2, 0) is 32.7 Å². The van der Waals surface area contributed by atoms with Gasteiger partial charge in [0.1, 0.15) is 0 Å². The Morgan fingerprint density at radius 3 is 2.52 bits per heavy atom. The first kappa shape index (κ1) is 25.3. The average Bonchev–Trinajstić information content (AvgIpc) is 2.72. The molecule has 1 aliphatic heterocycles. The predicted molar refractivity (Wildman–Crippen MR) is 126 cm³/mol. The fourth-order valence-corrected chi connectivity index (χ4v) is 4.46. The van der Waals surface area contributed by atoms with Crippen LogP contribution in [0.4, 0.5) is 5.69 Å². The first-order valence-electron chi connectivity index (χ1n) is 9.80. The Hall–Kier alpha value is -1.99. The van der Waals surface area contributed by atoms with Crippen LogP contribution < -0.4 is 16.4 Å². The summed E-state index contributed by atoms with van der Waals surface area (Å²) in [4.78, 5) is 25.8. The summed E-state index contributed by atoms with van der Waals surface area (Å²) < 4.78 is 5.06. The number of nitrogens with two attached hydrogens (primary N) is 1. The van der Waals surface area contributed by atoms with E-state index in [0.717, 1.165) is 18.4 Å². The molecule has 0 radical (unpaired) electrons. The summed E-state index contributed by atoms with van der Waals surface area (Å²) in [5.74, 6) is -0.867. The highest BCUT2D eigenvalue weighted by atomic mass is 35.5. The SMILES string of the molecule is COC(=O)C1(NC(=O)Cc2ccc(CCCN)cc2)CCNc2cc(Cl)cc(Cl)c21.Cl. The largest absolute Gasteiger partial charge is 0.467 e. The Kier molecular flexibility index (Phi) is 9.01. The van der Waals surface area contributed by atoms with Crippen molar-refractivity contribution in [3.8, 4) is 0 Å². The van der Waals surface area contributed by atoms with Crippen molar-refractivity contribution in [1.29, 1.82) is 0 Å². The van der Waals surface area contributed by atoms with E-state index < -0.39 is 11.5 Å². The van der Waals surface area contributed by atoms with Crippen LogP contribution in [0, 0.1) is 0 Å². The third-order valence-corrected chi connectivity index (χ3v) is 5.76. The summed E-state index contributed by atoms with van der Waals surface area (Å²) in [6.07, 6.45) is 2.25. The van der Waals surface area contributed by atoms with Gasteiger partial charge in [0.25, 0.3) is 0 Å². The highest BCUT2D eigenvalue weighted by molar-refractivity contribution is 6.36. The Balaban J connectivity index is 0.00000341. The van der Waals surface area contributed by atoms with E-state index in [1.54, 1.807) is 12.1 Å². The number of ether oxygens (including phenoxy) is 1. The number of hydrogen-bond acceptors (Lipinski definition) is 5. The van der Waals surface area contributed by atoms with Gasteiger partial charge in [0.15, 0.2) is 5.54 Å². The van der Waals surface area contributed by atoms with Crippen molar-refractivity contribution in [3.63, 3.8) is 0 Å². The molecule has 4 N–H and O–H groups in total. The molecule has 1 atom stereocenters. The van der Waals surface area contributed by atoms with Crippen LogP contribution in [0.1, 0.15) is 29.5 Å². The lowest BCUT2D eigenvalue weighted by Crippen LogP contribution is -2.55. The molecule has 9 heteroatoms. The van der Waals surface area contributed by atoms with E-state index in [2.05, 4.69) is 10.6 Å². The van der Waals surface area contributed by atoms with Crippen molar-refractivity contribution >= 4 is 53.2 Å². The lowest BCUT2D eigenvalue weighted by molar-refractivity contribution is -0.152. The van der Waals surface area contributed by atoms with Crippen molar-refractivity contribution in [1.82, 2.24) is 5.32 Å². The molecule has 2 aromatic rings. The van der Waals surface area contributed by atoms with Crippen molar-refractivity contribution in [2.24, 2.45) is 5.73 Å². The predicted octanol–water partition coefficient (Wildman–Crippen LogP) is 3.85. The lowest BCUT2D eigenvalue weighted by Gasteiger charge is -2.38. The first-order chi connectivity index (χ1) is 14.4. The number of nitrogens with one attached hydrogen (secondary N) is 2. The Labute approximate surface area is 198 Å². The zero-order valence-electron chi connectivity index (χ0n) is 17.2. The van der Waals surface area contributed by atoms with Gasteiger partial charge in [0.2, 0.25) is 5.91 Å². The Bertz CT molecular complexity index is 938. The van der Waals surface area contributed by atoms with Gasteiger partial charge in [-0.25, -0.2) is 4.79 Å². The molecule has 2 aromatic carbocycles. The van der Waals surface area contributed by atoms with Crippen molar-refractivity contribution in [3.05, 3.63) is 63.1 Å². The van der Waals surface area contributed by atoms with Crippen LogP contribution in [0.3, 0.4) is 0 Å². The van der Waals surface area contributed by atoms with Crippen LogP contribution in [0.25, 0.3) is 0 Å². The second kappa shape index (κ2) is 11.0. The monoisotopic (exact) mass is 485 g/mol. The van der Waals surface area contributed by atoms with Gasteiger partial charge in [0.05, 0.1) is 18.6 Å². The molecule has 168 valence electrons. The number of benzene rings is 2. The van der Waals surface area contributed by atoms with Gasteiger partial charge < -0.3 is 21.1 Å². The molecule has 0 aliphatic carbocycles. The normalized spacial score (nSPS) is 17.0. The van der Waals surface area contributed by atoms with Gasteiger partial charge in [-0.15, -0.1) is 12.4 Å². The summed E-state index contributed by atoms with van der Waals surface area (Å²) in [7, 11) is 1.29. The molecular formula is C22H26Cl3N3O3. The molecule has 0 bridgehead atoms. The van der Waals surface area contributed by atoms with Gasteiger partial charge in [0, 0.05) is 29.2 Å². The van der Waals surface area contributed by atoms with E-state index in [1.165, 1.54) is 12.7 Å². The lowest BCUT2D eigenvalue weighted by atomic mass is 9.82. The number of halogens is 3. The quantitative estimate of drug-likeness (QED) is 0.517. The van der Waals surface area contributed by atoms with Gasteiger partial charge in [-0.2, -0.15) is 0 Å². The van der Waals surface area contributed by atoms with E-state index in [-0.39, 0.29) is 24.7 Å². The fourth-order valence-electron chi connectivity index (χ4n) is 3.81. The maximum Gasteiger partial charge on any atom is 0.336 e. The van der Waals surface area contributed by atoms with Gasteiger partial charge in [-0.3, -0.25) is 4.79 Å². The molecule has 1 amide bonds. The topological polar surface area (TPSA) is 93.5 Å². The third kappa shape index (κ3) is 5.63. The molecule has 0 saturated carbocycles. The molecule has 1 heterocycles. The third-order valence-electron chi connectivity index (χ3n) is 5.24. The number of aryl methyl sites for hydroxylation is 1. The number of carbonyl (C=O) groups excluding carboxylic acids is 2. The highest BCUT2D eigenvalue weighted by Gasteiger charge is 2.47. The number of carbonyl (C=O) groups is 2. The van der Waals surface area contributed by atoms with Crippen LogP contribution in [0.15, 0.2) is 36.4 Å². The van der Waals surface area contributed by atoms with Crippen LogP contribution >= 0.6 is 35.6 Å². The molecule has 6 nitrogen and oxygen atoms in total. The van der Waals surface area contributed by atoms with Crippen molar-refractivity contribution in [2.75, 3.05) is 25.5 Å². The summed E-state index contributed by atoms with van der Waals surface area (Å²) in [5.41, 5.74) is 7.27. The highest BCUT2D eigenvalue weighted by Crippen LogP contribution is 2.42. The molecular weight excluding hydrogens is 461 g/mol. The van der Waals surface area contributed by atoms with Gasteiger partial charge >= 0.3 is 5.97 Å². The van der Waals surface area contributed by atoms with Crippen LogP contribution in [-0.4, -0.2) is 32.1 Å². The summed E-state index contributed by atoms with van der Waals surface area (Å²) >= 11 is 12.6. The molecule has 31 heavy (non-hydrogen) atoms. The molecule has 0 fully saturated rings. The van der Waals surface area contributed by atoms with Crippen LogP contribution in [0.5, 0.6) is 0 Å². The smallest absolute Gasteiger partial charge is 0.336 e. The maximum absolute atomic E-state index is 12.9. The molecule has 0 spiro atoms. The number of methoxy groups -OCH3 is 1. The minimum Gasteiger partial charge on any atom is -0.467 e. The van der Waals surface area contributed by atoms with E-state index >= 15 is 0 Å². The standard InChI is InChI=1S/C22H25Cl2N3O3.ClH/c1-30-21(29)22(8-10-26-18-13-16(23)12-17(24)20(18)22)27-19(28)11-15-6-4-14(5-7-15)3-2-9-25;/h4-7,12-13,26H,2-3,8-11,25H2,1H3,(H,27,28);1H. The Morgan fingerprint density at radius 2 is 1.87 bits per heavy atom. The average molecular weight is 487 g/mol. The van der Waals surface area contributed by atoms with Gasteiger partial charge in [-0.05, 0) is 42.6 Å². The minimum absolute atomic E-state index is 0. The van der Waals surface area contributed by atoms with E-state index in [1.807, 2.05) is 24.3 Å². The number of rotatable bonds is 7. The fraction of sp³-hybridized carbons (Fsp3) is 0.364. The summed E-state index contributed by atoms with van der Waals surface area (Å²) in [6, 6.07) is 11.1. The van der Waals surface area contributed by atoms with E-state index in [0.29, 0.717) is 40.8 Å². The van der Waals surface area contributed by atoms with E-state index in [9.17, 15) is 9.59 Å². The Morgan fingerprint density at radius 1 is 1.19 bits per heavy atom. The van der Waals surface area contributed by atoms with Crippen molar-refractivity contribution in [2.45, 2.75) is 31.2 Å². The number of hydrogen-bond donors (Lipinski definition) is 3. The molecule has 1 unspecified atom stereocenters. The second-order valence-electron chi connectivity index (χ2n) is 7.32. The first-order valence-corrected chi connectivity index (χ1v) is 10.6. The zero-order valence-corrected chi connectivity index (χ0v) is 19.5. The number of amides is 1.